The summed E-state index contributed by atoms with van der Waals surface area (Å²) in [4.78, 5) is 7.70. The second-order valence-electron chi connectivity index (χ2n) is 6.02. The smallest absolute Gasteiger partial charge is 0.244 e. The Morgan fingerprint density at radius 1 is 1.07 bits per heavy atom. The molecule has 3 N–H and O–H groups in total. The van der Waals surface area contributed by atoms with E-state index in [-0.39, 0.29) is 0 Å². The number of nitrogens with one attached hydrogen (secondary N) is 3. The topological polar surface area (TPSA) is 102 Å². The van der Waals surface area contributed by atoms with Crippen LogP contribution < -0.4 is 10.6 Å². The SMILES string of the molecule is N#Cc1ccc(Nc2cnnc(NCCc3c[nH]c4ccccc34)n2)cc1. The fourth-order valence-electron chi connectivity index (χ4n) is 2.86. The van der Waals surface area contributed by atoms with Crippen LogP contribution in [0.1, 0.15) is 11.1 Å². The van der Waals surface area contributed by atoms with E-state index >= 15 is 0 Å². The van der Waals surface area contributed by atoms with Gasteiger partial charge >= 0.3 is 0 Å². The maximum Gasteiger partial charge on any atom is 0.244 e. The molecule has 0 saturated carbocycles. The van der Waals surface area contributed by atoms with Gasteiger partial charge in [0.15, 0.2) is 5.82 Å². The van der Waals surface area contributed by atoms with E-state index in [0.29, 0.717) is 23.9 Å². The van der Waals surface area contributed by atoms with Gasteiger partial charge in [-0.1, -0.05) is 18.2 Å². The summed E-state index contributed by atoms with van der Waals surface area (Å²) in [5, 5.41) is 24.5. The number of para-hydroxylation sites is 1. The number of hydrogen-bond acceptors (Lipinski definition) is 6. The van der Waals surface area contributed by atoms with Crippen molar-refractivity contribution in [2.75, 3.05) is 17.2 Å². The Labute approximate surface area is 156 Å². The number of benzene rings is 2. The van der Waals surface area contributed by atoms with Crippen molar-refractivity contribution in [3.8, 4) is 6.07 Å². The molecule has 0 saturated heterocycles. The van der Waals surface area contributed by atoms with Gasteiger partial charge < -0.3 is 15.6 Å². The lowest BCUT2D eigenvalue weighted by atomic mass is 10.1. The van der Waals surface area contributed by atoms with Gasteiger partial charge in [-0.15, -0.1) is 5.10 Å². The van der Waals surface area contributed by atoms with E-state index in [4.69, 9.17) is 5.26 Å². The third-order valence-corrected chi connectivity index (χ3v) is 4.20. The van der Waals surface area contributed by atoms with Crippen LogP contribution in [-0.4, -0.2) is 26.7 Å². The Morgan fingerprint density at radius 3 is 2.78 bits per heavy atom. The van der Waals surface area contributed by atoms with E-state index < -0.39 is 0 Å². The van der Waals surface area contributed by atoms with E-state index in [9.17, 15) is 0 Å². The lowest BCUT2D eigenvalue weighted by molar-refractivity contribution is 0.931. The highest BCUT2D eigenvalue weighted by Gasteiger charge is 2.04. The number of nitriles is 1. The van der Waals surface area contributed by atoms with Crippen molar-refractivity contribution in [3.63, 3.8) is 0 Å². The largest absolute Gasteiger partial charge is 0.361 e. The first-order valence-electron chi connectivity index (χ1n) is 8.57. The van der Waals surface area contributed by atoms with Gasteiger partial charge in [-0.2, -0.15) is 15.3 Å². The van der Waals surface area contributed by atoms with Crippen molar-refractivity contribution >= 4 is 28.4 Å². The standard InChI is InChI=1S/C20H17N7/c21-11-14-5-7-16(8-6-14)25-19-13-24-27-20(26-19)22-10-9-15-12-23-18-4-2-1-3-17(15)18/h1-8,12-13,23H,9-10H2,(H2,22,25,26,27). The molecule has 0 bridgehead atoms. The first-order chi connectivity index (χ1) is 13.3. The minimum absolute atomic E-state index is 0.466. The summed E-state index contributed by atoms with van der Waals surface area (Å²) < 4.78 is 0. The molecule has 27 heavy (non-hydrogen) atoms. The van der Waals surface area contributed by atoms with Crippen molar-refractivity contribution in [3.05, 3.63) is 72.1 Å². The van der Waals surface area contributed by atoms with E-state index in [2.05, 4.69) is 49.0 Å². The molecule has 132 valence electrons. The highest BCUT2D eigenvalue weighted by molar-refractivity contribution is 5.83. The van der Waals surface area contributed by atoms with Gasteiger partial charge in [-0.05, 0) is 42.3 Å². The third-order valence-electron chi connectivity index (χ3n) is 4.20. The highest BCUT2D eigenvalue weighted by Crippen LogP contribution is 2.18. The van der Waals surface area contributed by atoms with E-state index in [1.54, 1.807) is 18.3 Å². The number of nitrogens with zero attached hydrogens (tertiary/aromatic N) is 4. The summed E-state index contributed by atoms with van der Waals surface area (Å²) >= 11 is 0. The monoisotopic (exact) mass is 355 g/mol. The zero-order chi connectivity index (χ0) is 18.5. The van der Waals surface area contributed by atoms with Crippen molar-refractivity contribution < 1.29 is 0 Å². The van der Waals surface area contributed by atoms with Gasteiger partial charge in [0.25, 0.3) is 0 Å². The maximum atomic E-state index is 8.85. The van der Waals surface area contributed by atoms with Crippen LogP contribution in [0.25, 0.3) is 10.9 Å². The molecule has 0 radical (unpaired) electrons. The maximum absolute atomic E-state index is 8.85. The van der Waals surface area contributed by atoms with Crippen LogP contribution in [0.4, 0.5) is 17.5 Å². The van der Waals surface area contributed by atoms with Crippen molar-refractivity contribution in [2.24, 2.45) is 0 Å². The zero-order valence-electron chi connectivity index (χ0n) is 14.5. The van der Waals surface area contributed by atoms with Crippen LogP contribution in [0.3, 0.4) is 0 Å². The van der Waals surface area contributed by atoms with Crippen LogP contribution >= 0.6 is 0 Å². The summed E-state index contributed by atoms with van der Waals surface area (Å²) in [6, 6.07) is 17.5. The van der Waals surface area contributed by atoms with Gasteiger partial charge in [-0.25, -0.2) is 0 Å². The molecule has 7 heteroatoms. The molecule has 2 aromatic heterocycles. The highest BCUT2D eigenvalue weighted by atomic mass is 15.3. The normalized spacial score (nSPS) is 10.5. The van der Waals surface area contributed by atoms with Gasteiger partial charge in [-0.3, -0.25) is 0 Å². The quantitative estimate of drug-likeness (QED) is 0.488. The fraction of sp³-hybridized carbons (Fsp3) is 0.100. The van der Waals surface area contributed by atoms with E-state index in [0.717, 1.165) is 17.6 Å². The number of fused-ring (bicyclic) bond motifs is 1. The van der Waals surface area contributed by atoms with E-state index in [1.807, 2.05) is 30.5 Å². The summed E-state index contributed by atoms with van der Waals surface area (Å²) in [7, 11) is 0. The zero-order valence-corrected chi connectivity index (χ0v) is 14.5. The number of anilines is 3. The molecule has 0 spiro atoms. The molecule has 0 atom stereocenters. The molecule has 4 aromatic rings. The average Bonchev–Trinajstić information content (AvgIpc) is 3.12. The van der Waals surface area contributed by atoms with Gasteiger partial charge in [0.05, 0.1) is 17.8 Å². The Kier molecular flexibility index (Phi) is 4.62. The van der Waals surface area contributed by atoms with Crippen molar-refractivity contribution in [1.29, 1.82) is 5.26 Å². The molecule has 0 unspecified atom stereocenters. The second-order valence-corrected chi connectivity index (χ2v) is 6.02. The van der Waals surface area contributed by atoms with Crippen LogP contribution in [-0.2, 0) is 6.42 Å². The summed E-state index contributed by atoms with van der Waals surface area (Å²) in [5.41, 5.74) is 3.83. The number of aromatic nitrogens is 4. The molecular formula is C20H17N7. The molecule has 0 aliphatic carbocycles. The van der Waals surface area contributed by atoms with Crippen molar-refractivity contribution in [1.82, 2.24) is 20.2 Å². The van der Waals surface area contributed by atoms with Crippen LogP contribution in [0.15, 0.2) is 60.9 Å². The number of hydrogen-bond donors (Lipinski definition) is 3. The lowest BCUT2D eigenvalue weighted by Crippen LogP contribution is -2.09. The first-order valence-corrected chi connectivity index (χ1v) is 8.57. The Balaban J connectivity index is 1.38. The molecule has 4 rings (SSSR count). The first kappa shape index (κ1) is 16.5. The third kappa shape index (κ3) is 3.85. The van der Waals surface area contributed by atoms with Crippen LogP contribution in [0, 0.1) is 11.3 Å². The van der Waals surface area contributed by atoms with Crippen molar-refractivity contribution in [2.45, 2.75) is 6.42 Å². The van der Waals surface area contributed by atoms with Crippen LogP contribution in [0.5, 0.6) is 0 Å². The minimum atomic E-state index is 0.466. The molecule has 2 heterocycles. The molecule has 0 aliphatic rings. The summed E-state index contributed by atoms with van der Waals surface area (Å²) in [6.45, 7) is 0.698. The lowest BCUT2D eigenvalue weighted by Gasteiger charge is -2.07. The Bertz CT molecular complexity index is 1090. The number of aromatic amines is 1. The Hall–Kier alpha value is -3.92. The number of rotatable bonds is 6. The fourth-order valence-corrected chi connectivity index (χ4v) is 2.86. The molecule has 0 aliphatic heterocycles. The molecule has 0 amide bonds. The molecular weight excluding hydrogens is 338 g/mol. The second kappa shape index (κ2) is 7.54. The molecule has 0 fully saturated rings. The van der Waals surface area contributed by atoms with Gasteiger partial charge in [0, 0.05) is 29.3 Å². The van der Waals surface area contributed by atoms with E-state index in [1.165, 1.54) is 10.9 Å². The molecule has 2 aromatic carbocycles. The minimum Gasteiger partial charge on any atom is -0.361 e. The molecule has 7 nitrogen and oxygen atoms in total. The summed E-state index contributed by atoms with van der Waals surface area (Å²) in [5.74, 6) is 1.05. The Morgan fingerprint density at radius 2 is 1.93 bits per heavy atom. The van der Waals surface area contributed by atoms with Crippen LogP contribution in [0.2, 0.25) is 0 Å². The average molecular weight is 355 g/mol. The number of H-pyrrole nitrogens is 1. The predicted octanol–water partition coefficient (Wildman–Crippen LogP) is 3.62. The summed E-state index contributed by atoms with van der Waals surface area (Å²) in [6.07, 6.45) is 4.44. The predicted molar refractivity (Wildman–Crippen MR) is 105 cm³/mol. The van der Waals surface area contributed by atoms with Gasteiger partial charge in [0.2, 0.25) is 5.95 Å². The van der Waals surface area contributed by atoms with Gasteiger partial charge in [0.1, 0.15) is 0 Å².